The van der Waals surface area contributed by atoms with Gasteiger partial charge in [0, 0.05) is 48.9 Å². The third-order valence-electron chi connectivity index (χ3n) is 20.1. The number of carbonyl (C=O) groups excluding carboxylic acids is 9. The van der Waals surface area contributed by atoms with Crippen LogP contribution in [0.1, 0.15) is 130 Å². The van der Waals surface area contributed by atoms with E-state index in [1.165, 1.54) is 32.9 Å². The highest BCUT2D eigenvalue weighted by Gasteiger charge is 2.74. The van der Waals surface area contributed by atoms with Crippen LogP contribution in [-0.2, 0) is 66.6 Å². The third-order valence-corrected chi connectivity index (χ3v) is 20.1. The lowest BCUT2D eigenvalue weighted by molar-refractivity contribution is -0.306. The van der Waals surface area contributed by atoms with E-state index in [9.17, 15) is 38.7 Å². The van der Waals surface area contributed by atoms with Crippen LogP contribution in [0.5, 0.6) is 0 Å². The van der Waals surface area contributed by atoms with E-state index in [-0.39, 0.29) is 61.2 Å². The zero-order valence-corrected chi connectivity index (χ0v) is 55.9. The predicted molar refractivity (Wildman–Crippen MR) is 356 cm³/mol. The Morgan fingerprint density at radius 3 is 1.62 bits per heavy atom. The lowest BCUT2D eigenvalue weighted by Crippen LogP contribution is -2.76. The molecule has 3 amide bonds. The molecule has 3 fully saturated rings. The number of benzene rings is 6. The normalized spacial score (nSPS) is 24.6. The van der Waals surface area contributed by atoms with Crippen LogP contribution in [0.2, 0.25) is 0 Å². The monoisotopic (exact) mass is 1350 g/mol. The van der Waals surface area contributed by atoms with Crippen LogP contribution in [0.4, 0.5) is 14.4 Å². The van der Waals surface area contributed by atoms with Crippen molar-refractivity contribution in [2.45, 2.75) is 140 Å². The number of hydrogen-bond donors (Lipinski definition) is 4. The zero-order valence-electron chi connectivity index (χ0n) is 55.9. The standard InChI is InChI=1S/C77H79N3O19/c1-8-60(81)96-65(63(44-23-11-9-12-24-44)80-73(89)99-74(3,4)5)70(86)94-57-37-77(90)36-54(43(57)2)64(97-62(83)39-79-72(88)92-41-56-52-33-21-17-29-48(52)49-30-18-22-34-53(49)56)67(84)76(7)59(35-58-75(6,42-93-58)66(76)68(77)98-69(85)45-25-13-10-14-26-45)95-61(82)38-78-71(87)91-40-55-50-31-19-15-27-46(50)47-28-16-20-32-51(47)55/h9-34,55-59,63-66,68,90H,8,35-42H2,1-7H3,(H,78,87)(H,79,88)(H,80,89)/t57-,58?,59-,63-,64+,65+,66?,68-,75+,76?,77+/m0/s1. The average Bonchev–Trinajstić information content (AvgIpc) is 1.25. The summed E-state index contributed by atoms with van der Waals surface area (Å²) in [5.41, 5.74) is 1.29. The molecule has 516 valence electrons. The summed E-state index contributed by atoms with van der Waals surface area (Å²) in [4.78, 5) is 131. The number of ether oxygens (including phenoxy) is 9. The van der Waals surface area contributed by atoms with E-state index in [2.05, 4.69) is 16.0 Å². The molecule has 11 atom stereocenters. The van der Waals surface area contributed by atoms with Crippen LogP contribution < -0.4 is 16.0 Å². The van der Waals surface area contributed by atoms with Crippen LogP contribution in [0.25, 0.3) is 22.3 Å². The Kier molecular flexibility index (Phi) is 19.4. The molecule has 6 aliphatic rings. The Balaban J connectivity index is 0.889. The van der Waals surface area contributed by atoms with Crippen molar-refractivity contribution in [1.82, 2.24) is 16.0 Å². The molecule has 3 unspecified atom stereocenters. The first-order valence-electron chi connectivity index (χ1n) is 33.2. The van der Waals surface area contributed by atoms with Crippen molar-refractivity contribution in [3.05, 3.63) is 202 Å². The molecular weight excluding hydrogens is 1270 g/mol. The molecule has 22 heteroatoms. The van der Waals surface area contributed by atoms with Crippen molar-refractivity contribution in [1.29, 1.82) is 0 Å². The molecule has 6 aromatic carbocycles. The number of amides is 3. The van der Waals surface area contributed by atoms with Gasteiger partial charge in [-0.25, -0.2) is 24.0 Å². The van der Waals surface area contributed by atoms with Gasteiger partial charge in [-0.05, 0) is 108 Å². The van der Waals surface area contributed by atoms with Gasteiger partial charge in [-0.1, -0.05) is 159 Å². The number of rotatable bonds is 19. The van der Waals surface area contributed by atoms with Gasteiger partial charge in [0.25, 0.3) is 0 Å². The molecule has 5 aliphatic carbocycles. The molecule has 22 nitrogen and oxygen atoms in total. The van der Waals surface area contributed by atoms with E-state index in [0.717, 1.165) is 44.5 Å². The fourth-order valence-corrected chi connectivity index (χ4v) is 15.3. The maximum atomic E-state index is 16.7. The maximum Gasteiger partial charge on any atom is 0.408 e. The molecule has 99 heavy (non-hydrogen) atoms. The van der Waals surface area contributed by atoms with Crippen molar-refractivity contribution in [3.63, 3.8) is 0 Å². The summed E-state index contributed by atoms with van der Waals surface area (Å²) in [6.45, 7) is 9.24. The van der Waals surface area contributed by atoms with Gasteiger partial charge in [-0.3, -0.25) is 19.2 Å². The number of carbonyl (C=O) groups is 9. The van der Waals surface area contributed by atoms with E-state index in [1.54, 1.807) is 76.2 Å². The minimum absolute atomic E-state index is 0.0484. The Labute approximate surface area is 572 Å². The number of Topliss-reactive ketones (excluding diaryl/α,β-unsaturated/α-hetero) is 1. The molecule has 2 saturated carbocycles. The molecule has 6 aromatic rings. The minimum atomic E-state index is -2.41. The summed E-state index contributed by atoms with van der Waals surface area (Å²) in [5, 5.41) is 21.7. The summed E-state index contributed by atoms with van der Waals surface area (Å²) in [7, 11) is 0. The topological polar surface area (TPSA) is 293 Å². The third kappa shape index (κ3) is 13.8. The molecule has 0 spiro atoms. The van der Waals surface area contributed by atoms with Crippen LogP contribution in [0.3, 0.4) is 0 Å². The zero-order chi connectivity index (χ0) is 70.1. The molecule has 1 aliphatic heterocycles. The fourth-order valence-electron chi connectivity index (χ4n) is 15.3. The molecule has 0 radical (unpaired) electrons. The molecule has 4 N–H and O–H groups in total. The number of ketones is 1. The van der Waals surface area contributed by atoms with Crippen LogP contribution in [-0.4, -0.2) is 140 Å². The van der Waals surface area contributed by atoms with Crippen molar-refractivity contribution in [2.75, 3.05) is 32.9 Å². The molecule has 0 aromatic heterocycles. The highest BCUT2D eigenvalue weighted by atomic mass is 16.6. The van der Waals surface area contributed by atoms with E-state index in [4.69, 9.17) is 42.6 Å². The van der Waals surface area contributed by atoms with Crippen LogP contribution in [0, 0.1) is 16.7 Å². The number of nitrogens with one attached hydrogen (secondary N) is 3. The molecular formula is C77H79N3O19. The van der Waals surface area contributed by atoms with E-state index in [0.29, 0.717) is 5.56 Å². The summed E-state index contributed by atoms with van der Waals surface area (Å²) < 4.78 is 55.0. The Hall–Kier alpha value is -10.2. The average molecular weight is 1350 g/mol. The van der Waals surface area contributed by atoms with Gasteiger partial charge in [-0.2, -0.15) is 0 Å². The molecule has 2 bridgehead atoms. The molecule has 1 saturated heterocycles. The lowest BCUT2D eigenvalue weighted by atomic mass is 9.45. The summed E-state index contributed by atoms with van der Waals surface area (Å²) in [6.07, 6.45) is -14.3. The van der Waals surface area contributed by atoms with Crippen LogP contribution >= 0.6 is 0 Å². The Bertz CT molecular complexity index is 4080. The second-order valence-corrected chi connectivity index (χ2v) is 27.5. The first-order valence-corrected chi connectivity index (χ1v) is 33.2. The lowest BCUT2D eigenvalue weighted by Gasteiger charge is -2.66. The van der Waals surface area contributed by atoms with Gasteiger partial charge in [-0.15, -0.1) is 0 Å². The largest absolute Gasteiger partial charge is 0.460 e. The van der Waals surface area contributed by atoms with Gasteiger partial charge in [0.15, 0.2) is 11.9 Å². The number of alkyl carbamates (subject to hydrolysis) is 3. The van der Waals surface area contributed by atoms with Crippen molar-refractivity contribution in [2.24, 2.45) is 16.7 Å². The Morgan fingerprint density at radius 1 is 0.626 bits per heavy atom. The van der Waals surface area contributed by atoms with E-state index in [1.807, 2.05) is 97.1 Å². The number of fused-ring (bicyclic) bond motifs is 11. The van der Waals surface area contributed by atoms with Crippen molar-refractivity contribution in [3.8, 4) is 22.3 Å². The number of esters is 5. The fraction of sp³-hybridized carbons (Fsp3) is 0.390. The quantitative estimate of drug-likeness (QED) is 0.0333. The minimum Gasteiger partial charge on any atom is -0.460 e. The highest BCUT2D eigenvalue weighted by Crippen LogP contribution is 2.64. The maximum absolute atomic E-state index is 16.7. The highest BCUT2D eigenvalue weighted by molar-refractivity contribution is 5.96. The number of hydrogen-bond acceptors (Lipinski definition) is 19. The van der Waals surface area contributed by atoms with Gasteiger partial charge in [0.2, 0.25) is 6.10 Å². The predicted octanol–water partition coefficient (Wildman–Crippen LogP) is 10.5. The van der Waals surface area contributed by atoms with Gasteiger partial charge in [0.05, 0.1) is 23.7 Å². The van der Waals surface area contributed by atoms with Gasteiger partial charge in [0.1, 0.15) is 61.9 Å². The Morgan fingerprint density at radius 2 is 1.12 bits per heavy atom. The first kappa shape index (κ1) is 68.7. The van der Waals surface area contributed by atoms with E-state index < -0.39 is 150 Å². The summed E-state index contributed by atoms with van der Waals surface area (Å²) in [5.74, 6) is -8.21. The first-order chi connectivity index (χ1) is 47.4. The summed E-state index contributed by atoms with van der Waals surface area (Å²) >= 11 is 0. The second kappa shape index (κ2) is 28.0. The molecule has 12 rings (SSSR count). The second-order valence-electron chi connectivity index (χ2n) is 27.5. The smallest absolute Gasteiger partial charge is 0.408 e. The summed E-state index contributed by atoms with van der Waals surface area (Å²) in [6, 6.07) is 45.6. The number of aliphatic hydroxyl groups is 1. The van der Waals surface area contributed by atoms with Gasteiger partial charge >= 0.3 is 48.1 Å². The molecule has 1 heterocycles. The SMILES string of the molecule is CCC(=O)O[C@@H](C(=O)O[C@H]1C[C@]2(O)CC(=C1C)[C@@H](OC(=O)CNC(=O)OCC1c3ccccc3-c3ccccc31)C(=O)C1(C)C([C@@H]2OC(=O)c2ccccc2)[C@]2(C)COC2C[C@@H]1OC(=O)CNC(=O)OCC1c2ccccc2-c2ccccc21)[C@@H](NC(=O)OC(C)(C)C)c1ccccc1. The van der Waals surface area contributed by atoms with Gasteiger partial charge < -0.3 is 63.7 Å². The van der Waals surface area contributed by atoms with Crippen LogP contribution in [0.15, 0.2) is 169 Å². The van der Waals surface area contributed by atoms with E-state index >= 15 is 9.59 Å². The van der Waals surface area contributed by atoms with Crippen molar-refractivity contribution >= 4 is 53.9 Å². The van der Waals surface area contributed by atoms with Crippen molar-refractivity contribution < 1.29 is 90.9 Å².